The van der Waals surface area contributed by atoms with Crippen LogP contribution in [-0.2, 0) is 12.8 Å². The lowest BCUT2D eigenvalue weighted by molar-refractivity contribution is 0.102. The number of carbonyl (C=O) groups is 1. The molecule has 0 aliphatic carbocycles. The Kier molecular flexibility index (Phi) is 6.10. The van der Waals surface area contributed by atoms with Gasteiger partial charge in [0, 0.05) is 18.3 Å². The summed E-state index contributed by atoms with van der Waals surface area (Å²) in [4.78, 5) is 20.5. The molecule has 3 aromatic rings. The Hall–Kier alpha value is -3.28. The van der Waals surface area contributed by atoms with Crippen molar-refractivity contribution in [3.63, 3.8) is 0 Å². The molecule has 27 heavy (non-hydrogen) atoms. The smallest absolute Gasteiger partial charge is 0.274 e. The average molecular weight is 364 g/mol. The summed E-state index contributed by atoms with van der Waals surface area (Å²) in [5.41, 5.74) is 2.81. The zero-order chi connectivity index (χ0) is 19.1. The summed E-state index contributed by atoms with van der Waals surface area (Å²) < 4.78 is 13.6. The molecule has 0 unspecified atom stereocenters. The number of carbonyl (C=O) groups excluding carboxylic acids is 1. The van der Waals surface area contributed by atoms with E-state index in [1.54, 1.807) is 24.3 Å². The van der Waals surface area contributed by atoms with Crippen LogP contribution in [0.25, 0.3) is 0 Å². The first kappa shape index (κ1) is 18.5. The number of benzene rings is 2. The van der Waals surface area contributed by atoms with Crippen molar-refractivity contribution in [2.24, 2.45) is 0 Å². The number of rotatable bonds is 7. The van der Waals surface area contributed by atoms with Gasteiger partial charge in [-0.1, -0.05) is 37.3 Å². The minimum Gasteiger partial charge on any atom is -0.370 e. The van der Waals surface area contributed by atoms with Gasteiger partial charge in [0.05, 0.1) is 0 Å². The lowest BCUT2D eigenvalue weighted by atomic mass is 10.1. The Balaban J connectivity index is 1.59. The third-order valence-electron chi connectivity index (χ3n) is 4.18. The maximum atomic E-state index is 13.6. The van der Waals surface area contributed by atoms with Gasteiger partial charge in [0.15, 0.2) is 0 Å². The monoisotopic (exact) mass is 364 g/mol. The van der Waals surface area contributed by atoms with E-state index in [1.165, 1.54) is 18.0 Å². The highest BCUT2D eigenvalue weighted by atomic mass is 19.1. The highest BCUT2D eigenvalue weighted by Gasteiger charge is 2.09. The Labute approximate surface area is 157 Å². The van der Waals surface area contributed by atoms with E-state index in [4.69, 9.17) is 0 Å². The van der Waals surface area contributed by atoms with Crippen molar-refractivity contribution >= 4 is 17.4 Å². The number of amides is 1. The van der Waals surface area contributed by atoms with E-state index in [0.717, 1.165) is 6.42 Å². The number of aryl methyl sites for hydroxylation is 1. The molecule has 0 radical (unpaired) electrons. The summed E-state index contributed by atoms with van der Waals surface area (Å²) in [5.74, 6) is -0.0113. The van der Waals surface area contributed by atoms with Gasteiger partial charge in [0.2, 0.25) is 0 Å². The summed E-state index contributed by atoms with van der Waals surface area (Å²) in [6, 6.07) is 15.9. The summed E-state index contributed by atoms with van der Waals surface area (Å²) >= 11 is 0. The van der Waals surface area contributed by atoms with Gasteiger partial charge in [-0.25, -0.2) is 14.4 Å². The normalized spacial score (nSPS) is 10.4. The molecule has 0 bridgehead atoms. The zero-order valence-corrected chi connectivity index (χ0v) is 15.1. The van der Waals surface area contributed by atoms with Gasteiger partial charge in [0.1, 0.15) is 23.7 Å². The average Bonchev–Trinajstić information content (AvgIpc) is 2.70. The highest BCUT2D eigenvalue weighted by molar-refractivity contribution is 6.03. The van der Waals surface area contributed by atoms with Gasteiger partial charge in [-0.15, -0.1) is 0 Å². The Morgan fingerprint density at radius 1 is 1.07 bits per heavy atom. The van der Waals surface area contributed by atoms with Gasteiger partial charge < -0.3 is 10.6 Å². The van der Waals surface area contributed by atoms with E-state index in [1.807, 2.05) is 24.3 Å². The van der Waals surface area contributed by atoms with Gasteiger partial charge in [-0.05, 0) is 42.2 Å². The second-order valence-corrected chi connectivity index (χ2v) is 6.06. The molecule has 0 saturated carbocycles. The number of nitrogens with zero attached hydrogens (tertiary/aromatic N) is 2. The molecule has 3 rings (SSSR count). The van der Waals surface area contributed by atoms with Crippen LogP contribution in [0.5, 0.6) is 0 Å². The van der Waals surface area contributed by atoms with Crippen LogP contribution in [0.15, 0.2) is 60.9 Å². The molecule has 0 spiro atoms. The predicted molar refractivity (Wildman–Crippen MR) is 104 cm³/mol. The van der Waals surface area contributed by atoms with Crippen molar-refractivity contribution < 1.29 is 9.18 Å². The maximum absolute atomic E-state index is 13.6. The molecule has 0 atom stereocenters. The van der Waals surface area contributed by atoms with Crippen molar-refractivity contribution in [2.75, 3.05) is 17.2 Å². The van der Waals surface area contributed by atoms with E-state index >= 15 is 0 Å². The van der Waals surface area contributed by atoms with E-state index in [0.29, 0.717) is 30.0 Å². The molecule has 5 nitrogen and oxygen atoms in total. The van der Waals surface area contributed by atoms with Crippen LogP contribution in [0.2, 0.25) is 0 Å². The van der Waals surface area contributed by atoms with E-state index in [9.17, 15) is 9.18 Å². The summed E-state index contributed by atoms with van der Waals surface area (Å²) in [5, 5.41) is 5.92. The fourth-order valence-electron chi connectivity index (χ4n) is 2.62. The molecule has 1 amide bonds. The standard InChI is InChI=1S/C21H21FN4O/c1-2-15-7-9-17(10-8-15)26-21(27)19-13-20(25-14-24-19)23-12-11-16-5-3-4-6-18(16)22/h3-10,13-14H,2,11-12H2,1H3,(H,26,27)(H,23,24,25). The van der Waals surface area contributed by atoms with E-state index in [-0.39, 0.29) is 17.4 Å². The molecule has 0 saturated heterocycles. The van der Waals surface area contributed by atoms with Gasteiger partial charge in [0.25, 0.3) is 5.91 Å². The second-order valence-electron chi connectivity index (χ2n) is 6.06. The lowest BCUT2D eigenvalue weighted by Crippen LogP contribution is -2.15. The maximum Gasteiger partial charge on any atom is 0.274 e. The number of anilines is 2. The van der Waals surface area contributed by atoms with Crippen LogP contribution in [0.3, 0.4) is 0 Å². The summed E-state index contributed by atoms with van der Waals surface area (Å²) in [7, 11) is 0. The van der Waals surface area contributed by atoms with Crippen LogP contribution in [0.4, 0.5) is 15.9 Å². The minimum atomic E-state index is -0.307. The van der Waals surface area contributed by atoms with Gasteiger partial charge >= 0.3 is 0 Å². The molecule has 0 aliphatic rings. The third kappa shape index (κ3) is 5.10. The van der Waals surface area contributed by atoms with Crippen molar-refractivity contribution in [2.45, 2.75) is 19.8 Å². The fraction of sp³-hybridized carbons (Fsp3) is 0.190. The molecular weight excluding hydrogens is 343 g/mol. The molecule has 0 fully saturated rings. The van der Waals surface area contributed by atoms with Gasteiger partial charge in [-0.2, -0.15) is 0 Å². The topological polar surface area (TPSA) is 66.9 Å². The van der Waals surface area contributed by atoms with Crippen LogP contribution in [0.1, 0.15) is 28.5 Å². The number of aromatic nitrogens is 2. The van der Waals surface area contributed by atoms with Crippen molar-refractivity contribution in [3.05, 3.63) is 83.6 Å². The van der Waals surface area contributed by atoms with Gasteiger partial charge in [-0.3, -0.25) is 4.79 Å². The van der Waals surface area contributed by atoms with E-state index < -0.39 is 0 Å². The Bertz CT molecular complexity index is 912. The SMILES string of the molecule is CCc1ccc(NC(=O)c2cc(NCCc3ccccc3F)ncn2)cc1. The van der Waals surface area contributed by atoms with Crippen molar-refractivity contribution in [3.8, 4) is 0 Å². The third-order valence-corrected chi connectivity index (χ3v) is 4.18. The van der Waals surface area contributed by atoms with Crippen molar-refractivity contribution in [1.82, 2.24) is 9.97 Å². The van der Waals surface area contributed by atoms with Crippen LogP contribution < -0.4 is 10.6 Å². The second kappa shape index (κ2) is 8.89. The number of nitrogens with one attached hydrogen (secondary N) is 2. The molecule has 138 valence electrons. The first-order valence-corrected chi connectivity index (χ1v) is 8.85. The van der Waals surface area contributed by atoms with Crippen LogP contribution >= 0.6 is 0 Å². The van der Waals surface area contributed by atoms with E-state index in [2.05, 4.69) is 27.5 Å². The lowest BCUT2D eigenvalue weighted by Gasteiger charge is -2.08. The van der Waals surface area contributed by atoms with Crippen LogP contribution in [0, 0.1) is 5.82 Å². The predicted octanol–water partition coefficient (Wildman–Crippen LogP) is 4.09. The highest BCUT2D eigenvalue weighted by Crippen LogP contribution is 2.13. The summed E-state index contributed by atoms with van der Waals surface area (Å²) in [6.07, 6.45) is 2.80. The molecular formula is C21H21FN4O. The first-order valence-electron chi connectivity index (χ1n) is 8.85. The van der Waals surface area contributed by atoms with Crippen molar-refractivity contribution in [1.29, 1.82) is 0 Å². The Morgan fingerprint density at radius 3 is 2.59 bits per heavy atom. The molecule has 2 N–H and O–H groups in total. The molecule has 1 heterocycles. The minimum absolute atomic E-state index is 0.226. The largest absolute Gasteiger partial charge is 0.370 e. The molecule has 0 aliphatic heterocycles. The molecule has 1 aromatic heterocycles. The molecule has 6 heteroatoms. The zero-order valence-electron chi connectivity index (χ0n) is 15.1. The Morgan fingerprint density at radius 2 is 1.85 bits per heavy atom. The fourth-order valence-corrected chi connectivity index (χ4v) is 2.62. The summed E-state index contributed by atoms with van der Waals surface area (Å²) in [6.45, 7) is 2.58. The quantitative estimate of drug-likeness (QED) is 0.663. The van der Waals surface area contributed by atoms with Crippen LogP contribution in [-0.4, -0.2) is 22.4 Å². The number of hydrogen-bond donors (Lipinski definition) is 2. The number of halogens is 1. The molecule has 2 aromatic carbocycles. The first-order chi connectivity index (χ1) is 13.2. The number of hydrogen-bond acceptors (Lipinski definition) is 4.